The Morgan fingerprint density at radius 2 is 1.57 bits per heavy atom. The van der Waals surface area contributed by atoms with Gasteiger partial charge in [-0.3, -0.25) is 24.1 Å². The first-order valence-electron chi connectivity index (χ1n) is 11.8. The summed E-state index contributed by atoms with van der Waals surface area (Å²) in [5.41, 5.74) is 0.775. The summed E-state index contributed by atoms with van der Waals surface area (Å²) < 4.78 is 1.26. The summed E-state index contributed by atoms with van der Waals surface area (Å²) in [6, 6.07) is 9.06. The Kier molecular flexibility index (Phi) is 6.42. The number of amides is 3. The van der Waals surface area contributed by atoms with Crippen LogP contribution >= 0.6 is 11.6 Å². The summed E-state index contributed by atoms with van der Waals surface area (Å²) in [4.78, 5) is 55.7. The lowest BCUT2D eigenvalue weighted by Gasteiger charge is -2.36. The topological polar surface area (TPSA) is 95.8 Å². The molecule has 1 aromatic heterocycles. The molecule has 0 N–H and O–H groups in total. The van der Waals surface area contributed by atoms with Crippen LogP contribution in [0.3, 0.4) is 0 Å². The van der Waals surface area contributed by atoms with Gasteiger partial charge in [-0.1, -0.05) is 42.0 Å². The van der Waals surface area contributed by atoms with Crippen LogP contribution in [0.2, 0.25) is 5.02 Å². The Bertz CT molecular complexity index is 1210. The number of hydrogen-bond donors (Lipinski definition) is 0. The quantitative estimate of drug-likeness (QED) is 0.464. The van der Waals surface area contributed by atoms with Crippen LogP contribution < -0.4 is 10.5 Å². The van der Waals surface area contributed by atoms with Gasteiger partial charge >= 0.3 is 0 Å². The van der Waals surface area contributed by atoms with Gasteiger partial charge in [-0.15, -0.1) is 0 Å². The summed E-state index contributed by atoms with van der Waals surface area (Å²) in [7, 11) is 0. The van der Waals surface area contributed by atoms with E-state index >= 15 is 0 Å². The summed E-state index contributed by atoms with van der Waals surface area (Å²) in [6.07, 6.45) is 6.77. The molecule has 35 heavy (non-hydrogen) atoms. The monoisotopic (exact) mass is 495 g/mol. The van der Waals surface area contributed by atoms with Crippen molar-refractivity contribution in [2.24, 2.45) is 11.8 Å². The predicted octanol–water partition coefficient (Wildman–Crippen LogP) is 1.88. The van der Waals surface area contributed by atoms with E-state index in [0.717, 1.165) is 0 Å². The first-order valence-corrected chi connectivity index (χ1v) is 12.2. The highest BCUT2D eigenvalue weighted by Crippen LogP contribution is 2.35. The van der Waals surface area contributed by atoms with Gasteiger partial charge < -0.3 is 9.80 Å². The number of allylic oxidation sites excluding steroid dienone is 2. The number of anilines is 1. The van der Waals surface area contributed by atoms with Crippen LogP contribution in [0.5, 0.6) is 0 Å². The van der Waals surface area contributed by atoms with Crippen molar-refractivity contribution in [3.05, 3.63) is 64.1 Å². The van der Waals surface area contributed by atoms with E-state index < -0.39 is 5.56 Å². The summed E-state index contributed by atoms with van der Waals surface area (Å²) >= 11 is 6.41. The van der Waals surface area contributed by atoms with E-state index in [1.54, 1.807) is 23.2 Å². The summed E-state index contributed by atoms with van der Waals surface area (Å²) in [6.45, 7) is 2.03. The van der Waals surface area contributed by atoms with Gasteiger partial charge in [0, 0.05) is 39.1 Å². The van der Waals surface area contributed by atoms with E-state index in [1.807, 2.05) is 35.3 Å². The van der Waals surface area contributed by atoms with Crippen molar-refractivity contribution >= 4 is 35.0 Å². The number of imide groups is 1. The Morgan fingerprint density at radius 3 is 2.20 bits per heavy atom. The van der Waals surface area contributed by atoms with Gasteiger partial charge in [0.2, 0.25) is 17.7 Å². The molecule has 3 aliphatic rings. The highest BCUT2D eigenvalue weighted by atomic mass is 35.5. The zero-order valence-electron chi connectivity index (χ0n) is 19.2. The van der Waals surface area contributed by atoms with Gasteiger partial charge in [0.25, 0.3) is 5.56 Å². The molecule has 2 aliphatic heterocycles. The van der Waals surface area contributed by atoms with Crippen LogP contribution in [-0.2, 0) is 14.4 Å². The van der Waals surface area contributed by atoms with Crippen molar-refractivity contribution in [1.29, 1.82) is 0 Å². The van der Waals surface area contributed by atoms with E-state index in [0.29, 0.717) is 50.4 Å². The van der Waals surface area contributed by atoms with Crippen molar-refractivity contribution in [2.45, 2.75) is 19.3 Å². The number of piperazine rings is 1. The maximum absolute atomic E-state index is 12.8. The van der Waals surface area contributed by atoms with E-state index in [4.69, 9.17) is 11.6 Å². The molecule has 2 atom stereocenters. The number of nitrogens with zero attached hydrogens (tertiary/aromatic N) is 5. The fourth-order valence-electron chi connectivity index (χ4n) is 5.05. The van der Waals surface area contributed by atoms with Crippen molar-refractivity contribution < 1.29 is 14.4 Å². The molecule has 10 heteroatoms. The molecule has 3 amide bonds. The van der Waals surface area contributed by atoms with Gasteiger partial charge in [-0.05, 0) is 25.0 Å². The second-order valence-corrected chi connectivity index (χ2v) is 9.38. The van der Waals surface area contributed by atoms with Crippen LogP contribution in [-0.4, -0.2) is 70.0 Å². The van der Waals surface area contributed by atoms with Crippen molar-refractivity contribution in [3.8, 4) is 5.69 Å². The van der Waals surface area contributed by atoms with E-state index in [9.17, 15) is 19.2 Å². The lowest BCUT2D eigenvalue weighted by molar-refractivity contribution is -0.140. The number of carbonyl (C=O) groups excluding carboxylic acids is 3. The predicted molar refractivity (Wildman–Crippen MR) is 130 cm³/mol. The summed E-state index contributed by atoms with van der Waals surface area (Å²) in [5.74, 6) is -0.964. The third kappa shape index (κ3) is 4.36. The Hall–Kier alpha value is -3.46. The number of aromatic nitrogens is 2. The third-order valence-electron chi connectivity index (χ3n) is 7.02. The molecule has 0 radical (unpaired) electrons. The minimum atomic E-state index is -0.399. The first-order chi connectivity index (χ1) is 17.0. The lowest BCUT2D eigenvalue weighted by atomic mass is 9.85. The molecule has 5 rings (SSSR count). The van der Waals surface area contributed by atoms with E-state index in [1.165, 1.54) is 9.58 Å². The zero-order valence-corrected chi connectivity index (χ0v) is 19.9. The highest BCUT2D eigenvalue weighted by molar-refractivity contribution is 6.33. The molecule has 1 aliphatic carbocycles. The Labute approximate surface area is 207 Å². The second kappa shape index (κ2) is 9.65. The van der Waals surface area contributed by atoms with Gasteiger partial charge in [0.05, 0.1) is 29.4 Å². The molecule has 1 aromatic carbocycles. The van der Waals surface area contributed by atoms with Gasteiger partial charge in [0.1, 0.15) is 5.02 Å². The van der Waals surface area contributed by atoms with Crippen molar-refractivity contribution in [3.63, 3.8) is 0 Å². The van der Waals surface area contributed by atoms with Crippen LogP contribution in [0, 0.1) is 11.8 Å². The normalized spacial score (nSPS) is 22.0. The fraction of sp³-hybridized carbons (Fsp3) is 0.400. The van der Waals surface area contributed by atoms with Crippen LogP contribution in [0.15, 0.2) is 53.5 Å². The SMILES string of the molecule is O=C(CCN1C(=O)C2CC=CCC2C1=O)N1CCN(c2cnn(-c3ccccc3)c(=O)c2Cl)CC1. The molecule has 2 saturated heterocycles. The molecule has 3 heterocycles. The second-order valence-electron chi connectivity index (χ2n) is 9.00. The number of benzene rings is 1. The Morgan fingerprint density at radius 1 is 0.943 bits per heavy atom. The van der Waals surface area contributed by atoms with Crippen LogP contribution in [0.4, 0.5) is 5.69 Å². The molecular formula is C25H26ClN5O4. The standard InChI is InChI=1S/C25H26ClN5O4/c26-22-20(16-27-31(25(22)35)17-6-2-1-3-7-17)28-12-14-29(15-13-28)21(32)10-11-30-23(33)18-8-4-5-9-19(18)24(30)34/h1-7,16,18-19H,8-15H2. The number of carbonyl (C=O) groups is 3. The molecular weight excluding hydrogens is 470 g/mol. The first kappa shape index (κ1) is 23.3. The lowest BCUT2D eigenvalue weighted by Crippen LogP contribution is -2.50. The number of rotatable bonds is 5. The number of para-hydroxylation sites is 1. The molecule has 0 spiro atoms. The molecule has 182 valence electrons. The van der Waals surface area contributed by atoms with Gasteiger partial charge in [0.15, 0.2) is 0 Å². The zero-order chi connectivity index (χ0) is 24.5. The fourth-order valence-corrected chi connectivity index (χ4v) is 5.30. The highest BCUT2D eigenvalue weighted by Gasteiger charge is 2.47. The average Bonchev–Trinajstić information content (AvgIpc) is 3.14. The maximum atomic E-state index is 12.8. The number of fused-ring (bicyclic) bond motifs is 1. The molecule has 2 fully saturated rings. The van der Waals surface area contributed by atoms with Crippen molar-refractivity contribution in [2.75, 3.05) is 37.6 Å². The third-order valence-corrected chi connectivity index (χ3v) is 7.38. The molecule has 0 saturated carbocycles. The summed E-state index contributed by atoms with van der Waals surface area (Å²) in [5, 5.41) is 4.37. The smallest absolute Gasteiger partial charge is 0.292 e. The van der Waals surface area contributed by atoms with Crippen LogP contribution in [0.25, 0.3) is 5.69 Å². The number of hydrogen-bond acceptors (Lipinski definition) is 6. The van der Waals surface area contributed by atoms with E-state index in [-0.39, 0.29) is 47.5 Å². The molecule has 2 unspecified atom stereocenters. The van der Waals surface area contributed by atoms with Crippen LogP contribution in [0.1, 0.15) is 19.3 Å². The van der Waals surface area contributed by atoms with E-state index in [2.05, 4.69) is 5.10 Å². The minimum Gasteiger partial charge on any atom is -0.365 e. The number of likely N-dealkylation sites (tertiary alicyclic amines) is 1. The number of halogens is 1. The molecule has 9 nitrogen and oxygen atoms in total. The molecule has 0 bridgehead atoms. The van der Waals surface area contributed by atoms with Gasteiger partial charge in [-0.25, -0.2) is 0 Å². The van der Waals surface area contributed by atoms with Gasteiger partial charge in [-0.2, -0.15) is 9.78 Å². The minimum absolute atomic E-state index is 0.0886. The largest absolute Gasteiger partial charge is 0.365 e. The average molecular weight is 496 g/mol. The molecule has 2 aromatic rings. The maximum Gasteiger partial charge on any atom is 0.292 e. The van der Waals surface area contributed by atoms with Crippen molar-refractivity contribution in [1.82, 2.24) is 19.6 Å². The Balaban J connectivity index is 1.17.